The zero-order chi connectivity index (χ0) is 15.5. The number of pyridine rings is 1. The minimum atomic E-state index is 0.704. The molecule has 0 spiro atoms. The third-order valence-corrected chi connectivity index (χ3v) is 4.46. The third-order valence-electron chi connectivity index (χ3n) is 4.46. The topological polar surface area (TPSA) is 43.2 Å². The molecule has 112 valence electrons. The lowest BCUT2D eigenvalue weighted by Gasteiger charge is -2.38. The molecular formula is C18H20N4. The van der Waals surface area contributed by atoms with Crippen LogP contribution in [0.1, 0.15) is 16.7 Å². The molecule has 1 fully saturated rings. The van der Waals surface area contributed by atoms with E-state index in [0.29, 0.717) is 5.56 Å². The standard InChI is InChI=1S/C18H20N4/c1-14-4-3-5-17(15(14)2)21-8-10-22(11-9-21)18-13-20-7-6-16(18)12-19/h3-7,13H,8-11H2,1-2H3. The number of piperazine rings is 1. The fraction of sp³-hybridized carbons (Fsp3) is 0.333. The number of hydrogen-bond donors (Lipinski definition) is 0. The zero-order valence-electron chi connectivity index (χ0n) is 13.1. The molecule has 22 heavy (non-hydrogen) atoms. The van der Waals surface area contributed by atoms with Gasteiger partial charge in [0.2, 0.25) is 0 Å². The Kier molecular flexibility index (Phi) is 3.97. The quantitative estimate of drug-likeness (QED) is 0.853. The van der Waals surface area contributed by atoms with Crippen molar-refractivity contribution in [2.24, 2.45) is 0 Å². The van der Waals surface area contributed by atoms with Gasteiger partial charge in [-0.25, -0.2) is 0 Å². The van der Waals surface area contributed by atoms with Gasteiger partial charge in [0.05, 0.1) is 17.4 Å². The van der Waals surface area contributed by atoms with Crippen molar-refractivity contribution in [2.75, 3.05) is 36.0 Å². The van der Waals surface area contributed by atoms with E-state index in [-0.39, 0.29) is 0 Å². The first-order valence-electron chi connectivity index (χ1n) is 7.61. The Morgan fingerprint density at radius 2 is 1.68 bits per heavy atom. The second-order valence-electron chi connectivity index (χ2n) is 5.70. The molecule has 0 bridgehead atoms. The summed E-state index contributed by atoms with van der Waals surface area (Å²) in [6.07, 6.45) is 3.47. The largest absolute Gasteiger partial charge is 0.368 e. The summed E-state index contributed by atoms with van der Waals surface area (Å²) in [7, 11) is 0. The molecule has 1 saturated heterocycles. The maximum atomic E-state index is 9.23. The average molecular weight is 292 g/mol. The molecule has 2 heterocycles. The summed E-state index contributed by atoms with van der Waals surface area (Å²) < 4.78 is 0. The van der Waals surface area contributed by atoms with Gasteiger partial charge in [0.15, 0.2) is 0 Å². The minimum absolute atomic E-state index is 0.704. The van der Waals surface area contributed by atoms with Crippen LogP contribution in [0.3, 0.4) is 0 Å². The van der Waals surface area contributed by atoms with Gasteiger partial charge in [0.25, 0.3) is 0 Å². The molecule has 0 saturated carbocycles. The van der Waals surface area contributed by atoms with Crippen molar-refractivity contribution in [1.82, 2.24) is 4.98 Å². The van der Waals surface area contributed by atoms with Gasteiger partial charge in [-0.15, -0.1) is 0 Å². The molecule has 1 aromatic heterocycles. The van der Waals surface area contributed by atoms with E-state index < -0.39 is 0 Å². The summed E-state index contributed by atoms with van der Waals surface area (Å²) in [6.45, 7) is 8.09. The molecule has 4 nitrogen and oxygen atoms in total. The maximum Gasteiger partial charge on any atom is 0.101 e. The van der Waals surface area contributed by atoms with E-state index in [1.54, 1.807) is 18.5 Å². The minimum Gasteiger partial charge on any atom is -0.368 e. The summed E-state index contributed by atoms with van der Waals surface area (Å²) in [5, 5.41) is 9.23. The summed E-state index contributed by atoms with van der Waals surface area (Å²) in [6, 6.07) is 10.5. The van der Waals surface area contributed by atoms with Crippen molar-refractivity contribution in [2.45, 2.75) is 13.8 Å². The fourth-order valence-corrected chi connectivity index (χ4v) is 3.00. The zero-order valence-corrected chi connectivity index (χ0v) is 13.1. The highest BCUT2D eigenvalue weighted by Gasteiger charge is 2.20. The Morgan fingerprint density at radius 3 is 2.36 bits per heavy atom. The number of hydrogen-bond acceptors (Lipinski definition) is 4. The fourth-order valence-electron chi connectivity index (χ4n) is 3.00. The van der Waals surface area contributed by atoms with Crippen LogP contribution in [0.5, 0.6) is 0 Å². The summed E-state index contributed by atoms with van der Waals surface area (Å²) in [5.74, 6) is 0. The maximum absolute atomic E-state index is 9.23. The van der Waals surface area contributed by atoms with E-state index in [1.807, 2.05) is 0 Å². The van der Waals surface area contributed by atoms with Crippen LogP contribution in [-0.4, -0.2) is 31.2 Å². The van der Waals surface area contributed by atoms with Crippen molar-refractivity contribution in [3.05, 3.63) is 53.3 Å². The van der Waals surface area contributed by atoms with E-state index >= 15 is 0 Å². The van der Waals surface area contributed by atoms with E-state index in [1.165, 1.54) is 16.8 Å². The van der Waals surface area contributed by atoms with Crippen molar-refractivity contribution in [1.29, 1.82) is 5.26 Å². The smallest absolute Gasteiger partial charge is 0.101 e. The summed E-state index contributed by atoms with van der Waals surface area (Å²) in [4.78, 5) is 8.85. The summed E-state index contributed by atoms with van der Waals surface area (Å²) in [5.41, 5.74) is 5.67. The van der Waals surface area contributed by atoms with Crippen molar-refractivity contribution < 1.29 is 0 Å². The number of anilines is 2. The SMILES string of the molecule is Cc1cccc(N2CCN(c3cnccc3C#N)CC2)c1C. The van der Waals surface area contributed by atoms with Crippen LogP contribution in [-0.2, 0) is 0 Å². The average Bonchev–Trinajstić information content (AvgIpc) is 2.57. The first-order valence-corrected chi connectivity index (χ1v) is 7.61. The monoisotopic (exact) mass is 292 g/mol. The number of benzene rings is 1. The van der Waals surface area contributed by atoms with Gasteiger partial charge >= 0.3 is 0 Å². The third kappa shape index (κ3) is 2.62. The number of nitriles is 1. The van der Waals surface area contributed by atoms with Gasteiger partial charge < -0.3 is 9.80 Å². The Bertz CT molecular complexity index is 709. The molecule has 4 heteroatoms. The van der Waals surface area contributed by atoms with E-state index in [2.05, 4.69) is 52.9 Å². The number of aromatic nitrogens is 1. The molecule has 2 aromatic rings. The first-order chi connectivity index (χ1) is 10.7. The highest BCUT2D eigenvalue weighted by atomic mass is 15.3. The number of aryl methyl sites for hydroxylation is 1. The van der Waals surface area contributed by atoms with E-state index in [4.69, 9.17) is 0 Å². The Labute approximate surface area is 131 Å². The van der Waals surface area contributed by atoms with Crippen LogP contribution in [0.4, 0.5) is 11.4 Å². The highest BCUT2D eigenvalue weighted by molar-refractivity contribution is 5.60. The molecule has 0 unspecified atom stereocenters. The molecule has 1 aliphatic rings. The number of rotatable bonds is 2. The lowest BCUT2D eigenvalue weighted by atomic mass is 10.1. The molecule has 0 atom stereocenters. The van der Waals surface area contributed by atoms with Gasteiger partial charge in [0, 0.05) is 38.1 Å². The molecule has 0 radical (unpaired) electrons. The van der Waals surface area contributed by atoms with Crippen LogP contribution in [0.2, 0.25) is 0 Å². The van der Waals surface area contributed by atoms with Crippen LogP contribution in [0, 0.1) is 25.2 Å². The molecule has 1 aliphatic heterocycles. The van der Waals surface area contributed by atoms with Gasteiger partial charge in [0.1, 0.15) is 6.07 Å². The van der Waals surface area contributed by atoms with E-state index in [9.17, 15) is 5.26 Å². The van der Waals surface area contributed by atoms with Crippen LogP contribution < -0.4 is 9.80 Å². The van der Waals surface area contributed by atoms with Crippen molar-refractivity contribution >= 4 is 11.4 Å². The Hall–Kier alpha value is -2.54. The van der Waals surface area contributed by atoms with Crippen LogP contribution in [0.15, 0.2) is 36.7 Å². The highest BCUT2D eigenvalue weighted by Crippen LogP contribution is 2.26. The summed E-state index contributed by atoms with van der Waals surface area (Å²) >= 11 is 0. The van der Waals surface area contributed by atoms with Crippen LogP contribution in [0.25, 0.3) is 0 Å². The molecule has 0 aliphatic carbocycles. The van der Waals surface area contributed by atoms with Gasteiger partial charge in [-0.3, -0.25) is 4.98 Å². The molecule has 0 amide bonds. The molecule has 3 rings (SSSR count). The predicted molar refractivity (Wildman–Crippen MR) is 89.3 cm³/mol. The van der Waals surface area contributed by atoms with Crippen molar-refractivity contribution in [3.63, 3.8) is 0 Å². The Morgan fingerprint density at radius 1 is 1.00 bits per heavy atom. The van der Waals surface area contributed by atoms with Crippen LogP contribution >= 0.6 is 0 Å². The van der Waals surface area contributed by atoms with Gasteiger partial charge in [-0.1, -0.05) is 12.1 Å². The number of nitrogens with zero attached hydrogens (tertiary/aromatic N) is 4. The second kappa shape index (κ2) is 6.07. The normalized spacial score (nSPS) is 14.8. The Balaban J connectivity index is 1.76. The van der Waals surface area contributed by atoms with E-state index in [0.717, 1.165) is 31.9 Å². The lowest BCUT2D eigenvalue weighted by Crippen LogP contribution is -2.47. The first kappa shape index (κ1) is 14.4. The van der Waals surface area contributed by atoms with Crippen molar-refractivity contribution in [3.8, 4) is 6.07 Å². The predicted octanol–water partition coefficient (Wildman–Crippen LogP) is 2.90. The van der Waals surface area contributed by atoms with Gasteiger partial charge in [-0.05, 0) is 37.1 Å². The molecule has 1 aromatic carbocycles. The second-order valence-corrected chi connectivity index (χ2v) is 5.70. The molecule has 0 N–H and O–H groups in total. The van der Waals surface area contributed by atoms with Gasteiger partial charge in [-0.2, -0.15) is 5.26 Å². The molecular weight excluding hydrogens is 272 g/mol. The lowest BCUT2D eigenvalue weighted by molar-refractivity contribution is 0.651.